The van der Waals surface area contributed by atoms with Gasteiger partial charge in [-0.25, -0.2) is 9.59 Å². The Kier molecular flexibility index (Phi) is 5.38. The number of esters is 2. The molecule has 0 radical (unpaired) electrons. The number of rotatable bonds is 5. The van der Waals surface area contributed by atoms with Crippen LogP contribution in [0.1, 0.15) is 12.8 Å². The van der Waals surface area contributed by atoms with Crippen molar-refractivity contribution in [2.24, 2.45) is 0 Å². The van der Waals surface area contributed by atoms with E-state index in [1.807, 2.05) is 0 Å². The smallest absolute Gasteiger partial charge is 0.338 e. The third-order valence-corrected chi connectivity index (χ3v) is 1.12. The number of ether oxygens (including phenoxy) is 1. The molecule has 15 heavy (non-hydrogen) atoms. The minimum atomic E-state index is -1.36. The van der Waals surface area contributed by atoms with E-state index in [0.29, 0.717) is 12.2 Å². The molecule has 0 fully saturated rings. The summed E-state index contributed by atoms with van der Waals surface area (Å²) < 4.78 is 4.06. The highest BCUT2D eigenvalue weighted by Crippen LogP contribution is 1.94. The topological polar surface area (TPSA) is 118 Å². The lowest BCUT2D eigenvalue weighted by Gasteiger charge is -1.96. The van der Waals surface area contributed by atoms with Crippen molar-refractivity contribution in [1.82, 2.24) is 0 Å². The summed E-state index contributed by atoms with van der Waals surface area (Å²) >= 11 is 0. The van der Waals surface area contributed by atoms with Crippen LogP contribution < -0.4 is 0 Å². The molecule has 0 rings (SSSR count). The number of carbonyl (C=O) groups excluding carboxylic acids is 2. The first kappa shape index (κ1) is 12.8. The molecule has 0 bridgehead atoms. The zero-order valence-electron chi connectivity index (χ0n) is 7.50. The average molecular weight is 216 g/mol. The van der Waals surface area contributed by atoms with Gasteiger partial charge in [0.05, 0.1) is 12.8 Å². The summed E-state index contributed by atoms with van der Waals surface area (Å²) in [6.07, 6.45) is 0.171. The second kappa shape index (κ2) is 6.30. The molecule has 7 heteroatoms. The summed E-state index contributed by atoms with van der Waals surface area (Å²) in [6.45, 7) is 0. The molecule has 0 atom stereocenters. The van der Waals surface area contributed by atoms with Crippen molar-refractivity contribution in [1.29, 1.82) is 0 Å². The standard InChI is InChI=1S/C8H8O7/c9-5(10)1-3-7(13)15-8(14)4-2-6(11)12/h1,3H,2,4H2,(H,9,10)(H,11,12). The van der Waals surface area contributed by atoms with Crippen LogP contribution in [0.25, 0.3) is 0 Å². The molecule has 0 aromatic heterocycles. The summed E-state index contributed by atoms with van der Waals surface area (Å²) in [4.78, 5) is 41.3. The summed E-state index contributed by atoms with van der Waals surface area (Å²) in [5, 5.41) is 16.3. The highest BCUT2D eigenvalue weighted by atomic mass is 16.6. The maximum atomic E-state index is 10.7. The van der Waals surface area contributed by atoms with Crippen LogP contribution in [-0.2, 0) is 23.9 Å². The lowest BCUT2D eigenvalue weighted by molar-refractivity contribution is -0.158. The highest BCUT2D eigenvalue weighted by Gasteiger charge is 2.09. The van der Waals surface area contributed by atoms with Crippen molar-refractivity contribution in [2.45, 2.75) is 12.8 Å². The molecule has 0 aliphatic rings. The van der Waals surface area contributed by atoms with Crippen LogP contribution in [0.5, 0.6) is 0 Å². The van der Waals surface area contributed by atoms with Gasteiger partial charge in [0, 0.05) is 12.2 Å². The van der Waals surface area contributed by atoms with Gasteiger partial charge in [-0.1, -0.05) is 0 Å². The molecule has 0 heterocycles. The maximum absolute atomic E-state index is 10.7. The Balaban J connectivity index is 3.92. The molecule has 0 saturated heterocycles. The number of carboxylic acids is 2. The first-order valence-corrected chi connectivity index (χ1v) is 3.79. The van der Waals surface area contributed by atoms with Crippen LogP contribution in [0.2, 0.25) is 0 Å². The van der Waals surface area contributed by atoms with E-state index in [1.165, 1.54) is 0 Å². The Hall–Kier alpha value is -2.18. The zero-order valence-corrected chi connectivity index (χ0v) is 7.50. The van der Waals surface area contributed by atoms with Gasteiger partial charge in [0.15, 0.2) is 0 Å². The van der Waals surface area contributed by atoms with E-state index in [4.69, 9.17) is 10.2 Å². The van der Waals surface area contributed by atoms with Gasteiger partial charge in [0.2, 0.25) is 0 Å². The predicted octanol–water partition coefficient (Wildman–Crippen LogP) is -0.438. The molecule has 0 aliphatic carbocycles. The summed E-state index contributed by atoms with van der Waals surface area (Å²) in [7, 11) is 0. The molecule has 0 aromatic rings. The van der Waals surface area contributed by atoms with Gasteiger partial charge < -0.3 is 14.9 Å². The summed E-state index contributed by atoms with van der Waals surface area (Å²) in [5.74, 6) is -4.71. The Morgan fingerprint density at radius 2 is 1.60 bits per heavy atom. The van der Waals surface area contributed by atoms with E-state index in [-0.39, 0.29) is 0 Å². The van der Waals surface area contributed by atoms with Crippen molar-refractivity contribution in [2.75, 3.05) is 0 Å². The Morgan fingerprint density at radius 1 is 1.00 bits per heavy atom. The van der Waals surface area contributed by atoms with Crippen molar-refractivity contribution >= 4 is 23.9 Å². The zero-order chi connectivity index (χ0) is 11.8. The van der Waals surface area contributed by atoms with Gasteiger partial charge in [-0.3, -0.25) is 9.59 Å². The van der Waals surface area contributed by atoms with E-state index in [9.17, 15) is 19.2 Å². The van der Waals surface area contributed by atoms with Crippen LogP contribution in [0, 0.1) is 0 Å². The second-order valence-corrected chi connectivity index (χ2v) is 2.36. The van der Waals surface area contributed by atoms with E-state index < -0.39 is 36.7 Å². The van der Waals surface area contributed by atoms with Gasteiger partial charge in [-0.05, 0) is 0 Å². The first-order chi connectivity index (χ1) is 6.91. The number of hydrogen-bond acceptors (Lipinski definition) is 5. The van der Waals surface area contributed by atoms with E-state index >= 15 is 0 Å². The monoisotopic (exact) mass is 216 g/mol. The second-order valence-electron chi connectivity index (χ2n) is 2.36. The Morgan fingerprint density at radius 3 is 2.07 bits per heavy atom. The van der Waals surface area contributed by atoms with Crippen molar-refractivity contribution in [3.05, 3.63) is 12.2 Å². The summed E-state index contributed by atoms with van der Waals surface area (Å²) in [6, 6.07) is 0. The largest absolute Gasteiger partial charge is 0.481 e. The predicted molar refractivity (Wildman–Crippen MR) is 44.7 cm³/mol. The Labute approximate surface area is 84.0 Å². The lowest BCUT2D eigenvalue weighted by atomic mass is 10.3. The molecule has 0 saturated carbocycles. The van der Waals surface area contributed by atoms with E-state index in [2.05, 4.69) is 4.74 Å². The summed E-state index contributed by atoms with van der Waals surface area (Å²) in [5.41, 5.74) is 0. The molecule has 0 amide bonds. The SMILES string of the molecule is O=C(O)C=CC(=O)OC(=O)CCC(=O)O. The fraction of sp³-hybridized carbons (Fsp3) is 0.250. The highest BCUT2D eigenvalue weighted by molar-refractivity contribution is 5.96. The molecule has 82 valence electrons. The number of aliphatic carboxylic acids is 2. The van der Waals surface area contributed by atoms with Crippen LogP contribution in [0.15, 0.2) is 12.2 Å². The average Bonchev–Trinajstić information content (AvgIpc) is 2.11. The molecule has 0 spiro atoms. The molecule has 2 N–H and O–H groups in total. The van der Waals surface area contributed by atoms with Crippen LogP contribution >= 0.6 is 0 Å². The van der Waals surface area contributed by atoms with E-state index in [1.54, 1.807) is 0 Å². The minimum Gasteiger partial charge on any atom is -0.481 e. The van der Waals surface area contributed by atoms with Crippen molar-refractivity contribution in [3.63, 3.8) is 0 Å². The molecule has 7 nitrogen and oxygen atoms in total. The van der Waals surface area contributed by atoms with Crippen molar-refractivity contribution in [3.8, 4) is 0 Å². The minimum absolute atomic E-state index is 0.442. The number of carbonyl (C=O) groups is 4. The molecule has 0 unspecified atom stereocenters. The fourth-order valence-electron chi connectivity index (χ4n) is 0.546. The molecule has 0 aliphatic heterocycles. The Bertz CT molecular complexity index is 315. The van der Waals surface area contributed by atoms with Gasteiger partial charge >= 0.3 is 23.9 Å². The fourth-order valence-corrected chi connectivity index (χ4v) is 0.546. The number of carboxylic acid groups (broad SMARTS) is 2. The maximum Gasteiger partial charge on any atom is 0.338 e. The van der Waals surface area contributed by atoms with E-state index in [0.717, 1.165) is 0 Å². The van der Waals surface area contributed by atoms with Crippen LogP contribution in [0.3, 0.4) is 0 Å². The number of hydrogen-bond donors (Lipinski definition) is 2. The third kappa shape index (κ3) is 8.16. The van der Waals surface area contributed by atoms with Gasteiger partial charge in [0.25, 0.3) is 0 Å². The third-order valence-electron chi connectivity index (χ3n) is 1.12. The first-order valence-electron chi connectivity index (χ1n) is 3.79. The molecular weight excluding hydrogens is 208 g/mol. The molecular formula is C8H8O7. The van der Waals surface area contributed by atoms with Gasteiger partial charge in [-0.2, -0.15) is 0 Å². The van der Waals surface area contributed by atoms with Crippen molar-refractivity contribution < 1.29 is 34.1 Å². The van der Waals surface area contributed by atoms with Gasteiger partial charge in [0.1, 0.15) is 0 Å². The quantitative estimate of drug-likeness (QED) is 0.363. The normalized spacial score (nSPS) is 9.87. The van der Waals surface area contributed by atoms with Gasteiger partial charge in [-0.15, -0.1) is 0 Å². The van der Waals surface area contributed by atoms with Crippen LogP contribution in [-0.4, -0.2) is 34.1 Å². The van der Waals surface area contributed by atoms with Crippen LogP contribution in [0.4, 0.5) is 0 Å². The lowest BCUT2D eigenvalue weighted by Crippen LogP contribution is -2.11. The molecule has 0 aromatic carbocycles.